The fourth-order valence-corrected chi connectivity index (χ4v) is 2.70. The molecule has 2 aromatic carbocycles. The Hall–Kier alpha value is -0.590. The van der Waals surface area contributed by atoms with Gasteiger partial charge in [0.2, 0.25) is 0 Å². The molecule has 0 saturated heterocycles. The largest absolute Gasteiger partial charge is 0.322 e. The molecule has 0 aromatic heterocycles. The summed E-state index contributed by atoms with van der Waals surface area (Å²) < 4.78 is 1.79. The van der Waals surface area contributed by atoms with E-state index >= 15 is 0 Å². The third kappa shape index (κ3) is 3.70. The minimum absolute atomic E-state index is 0.159. The fourth-order valence-electron chi connectivity index (χ4n) is 1.59. The van der Waals surface area contributed by atoms with Crippen molar-refractivity contribution in [3.63, 3.8) is 0 Å². The van der Waals surface area contributed by atoms with Crippen molar-refractivity contribution in [2.45, 2.75) is 6.92 Å². The van der Waals surface area contributed by atoms with Crippen LogP contribution in [0.4, 0.5) is 5.69 Å². The van der Waals surface area contributed by atoms with Crippen molar-refractivity contribution >= 4 is 61.7 Å². The molecule has 2 nitrogen and oxygen atoms in total. The highest BCUT2D eigenvalue weighted by molar-refractivity contribution is 14.1. The molecule has 0 aliphatic rings. The van der Waals surface area contributed by atoms with Gasteiger partial charge in [0.05, 0.1) is 5.56 Å². The maximum absolute atomic E-state index is 12.3. The van der Waals surface area contributed by atoms with Crippen LogP contribution >= 0.6 is 50.1 Å². The lowest BCUT2D eigenvalue weighted by molar-refractivity contribution is 0.102. The normalized spacial score (nSPS) is 10.3. The average Bonchev–Trinajstić information content (AvgIpc) is 2.36. The Balaban J connectivity index is 2.30. The number of benzene rings is 2. The molecule has 1 amide bonds. The third-order valence-electron chi connectivity index (χ3n) is 2.62. The summed E-state index contributed by atoms with van der Waals surface area (Å²) >= 11 is 11.4. The van der Waals surface area contributed by atoms with E-state index in [4.69, 9.17) is 11.6 Å². The molecule has 98 valence electrons. The first kappa shape index (κ1) is 14.8. The monoisotopic (exact) mass is 449 g/mol. The van der Waals surface area contributed by atoms with Crippen LogP contribution in [-0.4, -0.2) is 5.91 Å². The molecule has 0 saturated carbocycles. The van der Waals surface area contributed by atoms with Crippen LogP contribution in [0.5, 0.6) is 0 Å². The SMILES string of the molecule is Cc1ccc(Br)cc1NC(=O)c1cc(Cl)ccc1I. The summed E-state index contributed by atoms with van der Waals surface area (Å²) in [6.45, 7) is 1.95. The number of nitrogens with one attached hydrogen (secondary N) is 1. The lowest BCUT2D eigenvalue weighted by Crippen LogP contribution is -2.14. The van der Waals surface area contributed by atoms with Crippen molar-refractivity contribution in [2.75, 3.05) is 5.32 Å². The van der Waals surface area contributed by atoms with Gasteiger partial charge in [0.15, 0.2) is 0 Å². The first-order valence-electron chi connectivity index (χ1n) is 5.50. The molecular weight excluding hydrogens is 440 g/mol. The first-order valence-corrected chi connectivity index (χ1v) is 7.75. The predicted molar refractivity (Wildman–Crippen MR) is 91.0 cm³/mol. The summed E-state index contributed by atoms with van der Waals surface area (Å²) in [5.41, 5.74) is 2.37. The molecule has 2 rings (SSSR count). The minimum atomic E-state index is -0.159. The fraction of sp³-hybridized carbons (Fsp3) is 0.0714. The summed E-state index contributed by atoms with van der Waals surface area (Å²) in [5, 5.41) is 3.46. The molecule has 0 aliphatic carbocycles. The first-order chi connectivity index (χ1) is 8.97. The van der Waals surface area contributed by atoms with Crippen molar-refractivity contribution in [2.24, 2.45) is 0 Å². The molecule has 0 bridgehead atoms. The number of anilines is 1. The third-order valence-corrected chi connectivity index (χ3v) is 4.29. The van der Waals surface area contributed by atoms with E-state index in [-0.39, 0.29) is 5.91 Å². The lowest BCUT2D eigenvalue weighted by Gasteiger charge is -2.10. The minimum Gasteiger partial charge on any atom is -0.322 e. The van der Waals surface area contributed by atoms with E-state index in [0.29, 0.717) is 10.6 Å². The lowest BCUT2D eigenvalue weighted by atomic mass is 10.1. The summed E-state index contributed by atoms with van der Waals surface area (Å²) in [6, 6.07) is 11.0. The molecule has 0 atom stereocenters. The van der Waals surface area contributed by atoms with Crippen LogP contribution in [0, 0.1) is 10.5 Å². The van der Waals surface area contributed by atoms with E-state index in [9.17, 15) is 4.79 Å². The van der Waals surface area contributed by atoms with E-state index < -0.39 is 0 Å². The van der Waals surface area contributed by atoms with Gasteiger partial charge in [-0.2, -0.15) is 0 Å². The van der Waals surface area contributed by atoms with Crippen LogP contribution in [0.2, 0.25) is 5.02 Å². The van der Waals surface area contributed by atoms with E-state index in [1.165, 1.54) is 0 Å². The number of hydrogen-bond acceptors (Lipinski definition) is 1. The van der Waals surface area contributed by atoms with Crippen molar-refractivity contribution in [3.05, 3.63) is 60.6 Å². The molecule has 0 unspecified atom stereocenters. The quantitative estimate of drug-likeness (QED) is 0.621. The number of amides is 1. The summed E-state index contributed by atoms with van der Waals surface area (Å²) in [4.78, 5) is 12.3. The maximum atomic E-state index is 12.3. The molecule has 0 heterocycles. The van der Waals surface area contributed by atoms with Crippen molar-refractivity contribution in [1.29, 1.82) is 0 Å². The molecule has 0 fully saturated rings. The molecule has 5 heteroatoms. The molecule has 2 aromatic rings. The van der Waals surface area contributed by atoms with Gasteiger partial charge < -0.3 is 5.32 Å². The van der Waals surface area contributed by atoms with Crippen molar-refractivity contribution in [1.82, 2.24) is 0 Å². The Morgan fingerprint density at radius 1 is 1.26 bits per heavy atom. The Labute approximate surface area is 138 Å². The molecule has 0 spiro atoms. The van der Waals surface area contributed by atoms with E-state index in [0.717, 1.165) is 19.3 Å². The Kier molecular flexibility index (Phi) is 4.86. The standard InChI is InChI=1S/C14H10BrClINO/c1-8-2-3-9(15)6-13(8)18-14(19)11-7-10(16)4-5-12(11)17/h2-7H,1H3,(H,18,19). The van der Waals surface area contributed by atoms with Gasteiger partial charge in [-0.25, -0.2) is 0 Å². The summed E-state index contributed by atoms with van der Waals surface area (Å²) in [7, 11) is 0. The maximum Gasteiger partial charge on any atom is 0.256 e. The van der Waals surface area contributed by atoms with Crippen LogP contribution in [0.15, 0.2) is 40.9 Å². The summed E-state index contributed by atoms with van der Waals surface area (Å²) in [6.07, 6.45) is 0. The molecule has 0 aliphatic heterocycles. The van der Waals surface area contributed by atoms with Gasteiger partial charge in [-0.15, -0.1) is 0 Å². The van der Waals surface area contributed by atoms with Crippen molar-refractivity contribution < 1.29 is 4.79 Å². The van der Waals surface area contributed by atoms with Crippen molar-refractivity contribution in [3.8, 4) is 0 Å². The predicted octanol–water partition coefficient (Wildman–Crippen LogP) is 5.27. The zero-order valence-electron chi connectivity index (χ0n) is 10.0. The van der Waals surface area contributed by atoms with E-state index in [2.05, 4.69) is 43.8 Å². The highest BCUT2D eigenvalue weighted by Crippen LogP contribution is 2.23. The van der Waals surface area contributed by atoms with Crippen LogP contribution in [0.25, 0.3) is 0 Å². The van der Waals surface area contributed by atoms with Gasteiger partial charge >= 0.3 is 0 Å². The van der Waals surface area contributed by atoms with Crippen LogP contribution in [-0.2, 0) is 0 Å². The Bertz CT molecular complexity index is 645. The molecule has 19 heavy (non-hydrogen) atoms. The van der Waals surface area contributed by atoms with Gasteiger partial charge in [0.25, 0.3) is 5.91 Å². The molecular formula is C14H10BrClINO. The van der Waals surface area contributed by atoms with Gasteiger partial charge in [0, 0.05) is 18.8 Å². The second kappa shape index (κ2) is 6.24. The smallest absolute Gasteiger partial charge is 0.256 e. The van der Waals surface area contributed by atoms with E-state index in [1.54, 1.807) is 12.1 Å². The molecule has 0 radical (unpaired) electrons. The van der Waals surface area contributed by atoms with Gasteiger partial charge in [-0.05, 0) is 65.4 Å². The van der Waals surface area contributed by atoms with Gasteiger partial charge in [-0.3, -0.25) is 4.79 Å². The topological polar surface area (TPSA) is 29.1 Å². The Morgan fingerprint density at radius 2 is 2.00 bits per heavy atom. The highest BCUT2D eigenvalue weighted by Gasteiger charge is 2.12. The highest BCUT2D eigenvalue weighted by atomic mass is 127. The second-order valence-electron chi connectivity index (χ2n) is 4.04. The molecule has 1 N–H and O–H groups in total. The number of carbonyl (C=O) groups excluding carboxylic acids is 1. The number of halogens is 3. The number of hydrogen-bond donors (Lipinski definition) is 1. The zero-order chi connectivity index (χ0) is 14.0. The number of aryl methyl sites for hydroxylation is 1. The Morgan fingerprint density at radius 3 is 2.74 bits per heavy atom. The van der Waals surface area contributed by atoms with Gasteiger partial charge in [0.1, 0.15) is 0 Å². The number of carbonyl (C=O) groups is 1. The second-order valence-corrected chi connectivity index (χ2v) is 6.55. The van der Waals surface area contributed by atoms with Crippen LogP contribution in [0.3, 0.4) is 0 Å². The number of rotatable bonds is 2. The van der Waals surface area contributed by atoms with Crippen LogP contribution in [0.1, 0.15) is 15.9 Å². The average molecular weight is 451 g/mol. The van der Waals surface area contributed by atoms with Gasteiger partial charge in [-0.1, -0.05) is 33.6 Å². The van der Waals surface area contributed by atoms with Crippen LogP contribution < -0.4 is 5.32 Å². The zero-order valence-corrected chi connectivity index (χ0v) is 14.5. The van der Waals surface area contributed by atoms with E-state index in [1.807, 2.05) is 31.2 Å². The summed E-state index contributed by atoms with van der Waals surface area (Å²) in [5.74, 6) is -0.159.